The highest BCUT2D eigenvalue weighted by molar-refractivity contribution is 7.20. The van der Waals surface area contributed by atoms with Gasteiger partial charge in [-0.15, -0.1) is 11.3 Å². The van der Waals surface area contributed by atoms with Gasteiger partial charge in [0.05, 0.1) is 10.6 Å². The summed E-state index contributed by atoms with van der Waals surface area (Å²) in [6.45, 7) is 11.9. The lowest BCUT2D eigenvalue weighted by atomic mass is 9.95. The summed E-state index contributed by atoms with van der Waals surface area (Å²) in [7, 11) is 0. The Kier molecular flexibility index (Phi) is 5.75. The molecule has 6 nitrogen and oxygen atoms in total. The van der Waals surface area contributed by atoms with E-state index >= 15 is 0 Å². The molecule has 0 spiro atoms. The Bertz CT molecular complexity index is 1190. The van der Waals surface area contributed by atoms with Crippen LogP contribution in [0.1, 0.15) is 57.9 Å². The van der Waals surface area contributed by atoms with Crippen molar-refractivity contribution in [2.45, 2.75) is 40.0 Å². The number of benzene rings is 1. The lowest BCUT2D eigenvalue weighted by Gasteiger charge is -2.34. The van der Waals surface area contributed by atoms with Crippen LogP contribution in [0.4, 0.5) is 4.39 Å². The molecule has 32 heavy (non-hydrogen) atoms. The molecule has 8 heteroatoms. The quantitative estimate of drug-likeness (QED) is 0.578. The minimum Gasteiger partial charge on any atom is -0.335 e. The molecule has 1 saturated heterocycles. The highest BCUT2D eigenvalue weighted by Gasteiger charge is 2.29. The minimum atomic E-state index is -0.370. The fourth-order valence-corrected chi connectivity index (χ4v) is 5.11. The molecule has 4 rings (SSSR count). The fourth-order valence-electron chi connectivity index (χ4n) is 3.91. The Balaban J connectivity index is 1.52. The molecule has 1 aromatic carbocycles. The van der Waals surface area contributed by atoms with Gasteiger partial charge >= 0.3 is 0 Å². The van der Waals surface area contributed by atoms with E-state index in [9.17, 15) is 14.0 Å². The van der Waals surface area contributed by atoms with Crippen molar-refractivity contribution in [1.82, 2.24) is 19.8 Å². The van der Waals surface area contributed by atoms with Crippen molar-refractivity contribution >= 4 is 33.4 Å². The van der Waals surface area contributed by atoms with Gasteiger partial charge in [-0.1, -0.05) is 20.8 Å². The zero-order chi connectivity index (χ0) is 23.2. The van der Waals surface area contributed by atoms with Crippen LogP contribution in [-0.4, -0.2) is 57.8 Å². The zero-order valence-corrected chi connectivity index (χ0v) is 19.8. The number of thiophene rings is 1. The molecule has 3 aromatic rings. The van der Waals surface area contributed by atoms with Crippen LogP contribution in [0.3, 0.4) is 0 Å². The standard InChI is InChI=1S/C24H27FN4O2S/c1-14-18-15(2)26-23(24(3,4)5)27-20(18)32-19(14)22(31)29-12-10-28(11-13-29)21(30)16-6-8-17(25)9-7-16/h6-9H,10-13H2,1-5H3. The Morgan fingerprint density at radius 3 is 2.06 bits per heavy atom. The third kappa shape index (κ3) is 4.11. The lowest BCUT2D eigenvalue weighted by Crippen LogP contribution is -2.50. The van der Waals surface area contributed by atoms with Gasteiger partial charge in [0.1, 0.15) is 16.5 Å². The smallest absolute Gasteiger partial charge is 0.264 e. The van der Waals surface area contributed by atoms with Crippen LogP contribution in [0.5, 0.6) is 0 Å². The second-order valence-corrected chi connectivity index (χ2v) is 10.2. The number of amides is 2. The van der Waals surface area contributed by atoms with Crippen LogP contribution < -0.4 is 0 Å². The highest BCUT2D eigenvalue weighted by Crippen LogP contribution is 2.34. The number of nitrogens with zero attached hydrogens (tertiary/aromatic N) is 4. The molecule has 1 aliphatic heterocycles. The van der Waals surface area contributed by atoms with Gasteiger partial charge in [-0.05, 0) is 43.7 Å². The minimum absolute atomic E-state index is 0.0314. The van der Waals surface area contributed by atoms with E-state index in [4.69, 9.17) is 4.98 Å². The van der Waals surface area contributed by atoms with Gasteiger partial charge in [-0.3, -0.25) is 9.59 Å². The third-order valence-electron chi connectivity index (χ3n) is 5.78. The molecular formula is C24H27FN4O2S. The molecular weight excluding hydrogens is 427 g/mol. The molecule has 1 fully saturated rings. The SMILES string of the molecule is Cc1nc(C(C)(C)C)nc2sc(C(=O)N3CCN(C(=O)c4ccc(F)cc4)CC3)c(C)c12. The number of hydrogen-bond acceptors (Lipinski definition) is 5. The van der Waals surface area contributed by atoms with Gasteiger partial charge in [0.25, 0.3) is 11.8 Å². The van der Waals surface area contributed by atoms with Crippen molar-refractivity contribution in [3.8, 4) is 0 Å². The number of rotatable bonds is 2. The van der Waals surface area contributed by atoms with E-state index in [2.05, 4.69) is 25.8 Å². The summed E-state index contributed by atoms with van der Waals surface area (Å²) >= 11 is 1.42. The van der Waals surface area contributed by atoms with Gasteiger partial charge in [0.2, 0.25) is 0 Å². The topological polar surface area (TPSA) is 66.4 Å². The molecule has 0 N–H and O–H groups in total. The van der Waals surface area contributed by atoms with E-state index in [0.717, 1.165) is 27.3 Å². The van der Waals surface area contributed by atoms with Gasteiger partial charge in [0.15, 0.2) is 0 Å². The summed E-state index contributed by atoms with van der Waals surface area (Å²) in [5.74, 6) is 0.229. The van der Waals surface area contributed by atoms with Crippen molar-refractivity contribution in [3.05, 3.63) is 57.6 Å². The van der Waals surface area contributed by atoms with Gasteiger partial charge in [0, 0.05) is 42.5 Å². The summed E-state index contributed by atoms with van der Waals surface area (Å²) in [4.78, 5) is 40.4. The first-order valence-electron chi connectivity index (χ1n) is 10.7. The Morgan fingerprint density at radius 2 is 1.50 bits per heavy atom. The van der Waals surface area contributed by atoms with Gasteiger partial charge in [-0.25, -0.2) is 14.4 Å². The molecule has 2 aromatic heterocycles. The first-order chi connectivity index (χ1) is 15.1. The van der Waals surface area contributed by atoms with Crippen molar-refractivity contribution in [3.63, 3.8) is 0 Å². The normalized spacial score (nSPS) is 14.8. The zero-order valence-electron chi connectivity index (χ0n) is 19.0. The molecule has 0 unspecified atom stereocenters. The number of aromatic nitrogens is 2. The Morgan fingerprint density at radius 1 is 0.938 bits per heavy atom. The van der Waals surface area contributed by atoms with E-state index < -0.39 is 0 Å². The van der Waals surface area contributed by atoms with Crippen LogP contribution >= 0.6 is 11.3 Å². The highest BCUT2D eigenvalue weighted by atomic mass is 32.1. The van der Waals surface area contributed by atoms with E-state index in [0.29, 0.717) is 36.6 Å². The van der Waals surface area contributed by atoms with E-state index in [-0.39, 0.29) is 23.0 Å². The average Bonchev–Trinajstić information content (AvgIpc) is 3.09. The summed E-state index contributed by atoms with van der Waals surface area (Å²) in [5.41, 5.74) is 2.09. The van der Waals surface area contributed by atoms with Crippen molar-refractivity contribution < 1.29 is 14.0 Å². The molecule has 2 amide bonds. The maximum atomic E-state index is 13.3. The summed E-state index contributed by atoms with van der Waals surface area (Å²) < 4.78 is 13.1. The fraction of sp³-hybridized carbons (Fsp3) is 0.417. The van der Waals surface area contributed by atoms with Crippen LogP contribution in [0.2, 0.25) is 0 Å². The number of carbonyl (C=O) groups is 2. The first-order valence-corrected chi connectivity index (χ1v) is 11.5. The molecule has 0 saturated carbocycles. The molecule has 0 bridgehead atoms. The van der Waals surface area contributed by atoms with Crippen LogP contribution in [0.15, 0.2) is 24.3 Å². The van der Waals surface area contributed by atoms with Crippen LogP contribution in [0, 0.1) is 19.7 Å². The maximum Gasteiger partial charge on any atom is 0.264 e. The average molecular weight is 455 g/mol. The van der Waals surface area contributed by atoms with Crippen molar-refractivity contribution in [1.29, 1.82) is 0 Å². The number of piperazine rings is 1. The Hall–Kier alpha value is -2.87. The summed E-state index contributed by atoms with van der Waals surface area (Å²) in [6, 6.07) is 5.55. The third-order valence-corrected chi connectivity index (χ3v) is 6.96. The number of halogens is 1. The lowest BCUT2D eigenvalue weighted by molar-refractivity contribution is 0.0537. The van der Waals surface area contributed by atoms with E-state index in [1.807, 2.05) is 13.8 Å². The first kappa shape index (κ1) is 22.3. The number of aryl methyl sites for hydroxylation is 2. The summed E-state index contributed by atoms with van der Waals surface area (Å²) in [6.07, 6.45) is 0. The molecule has 3 heterocycles. The number of hydrogen-bond donors (Lipinski definition) is 0. The molecule has 1 aliphatic rings. The number of carbonyl (C=O) groups excluding carboxylic acids is 2. The predicted octanol–water partition coefficient (Wildman–Crippen LogP) is 4.34. The number of fused-ring (bicyclic) bond motifs is 1. The maximum absolute atomic E-state index is 13.3. The molecule has 0 radical (unpaired) electrons. The molecule has 0 aliphatic carbocycles. The van der Waals surface area contributed by atoms with E-state index in [1.165, 1.54) is 35.6 Å². The second-order valence-electron chi connectivity index (χ2n) is 9.21. The predicted molar refractivity (Wildman–Crippen MR) is 124 cm³/mol. The molecule has 168 valence electrons. The van der Waals surface area contributed by atoms with Gasteiger partial charge in [-0.2, -0.15) is 0 Å². The van der Waals surface area contributed by atoms with Crippen LogP contribution in [-0.2, 0) is 5.41 Å². The second kappa shape index (κ2) is 8.24. The van der Waals surface area contributed by atoms with Crippen molar-refractivity contribution in [2.75, 3.05) is 26.2 Å². The van der Waals surface area contributed by atoms with Crippen LogP contribution in [0.25, 0.3) is 10.2 Å². The Labute approximate surface area is 191 Å². The summed E-state index contributed by atoms with van der Waals surface area (Å²) in [5, 5.41) is 0.955. The van der Waals surface area contributed by atoms with Crippen molar-refractivity contribution in [2.24, 2.45) is 0 Å². The van der Waals surface area contributed by atoms with Gasteiger partial charge < -0.3 is 9.80 Å². The molecule has 0 atom stereocenters. The van der Waals surface area contributed by atoms with E-state index in [1.54, 1.807) is 9.80 Å². The largest absolute Gasteiger partial charge is 0.335 e. The monoisotopic (exact) mass is 454 g/mol.